The highest BCUT2D eigenvalue weighted by atomic mass is 16.5. The summed E-state index contributed by atoms with van der Waals surface area (Å²) in [5, 5.41) is 0. The minimum absolute atomic E-state index is 0.0985. The van der Waals surface area contributed by atoms with Gasteiger partial charge in [0.05, 0.1) is 0 Å². The van der Waals surface area contributed by atoms with E-state index in [0.29, 0.717) is 5.92 Å². The van der Waals surface area contributed by atoms with Gasteiger partial charge in [0.25, 0.3) is 0 Å². The van der Waals surface area contributed by atoms with Gasteiger partial charge in [0.15, 0.2) is 0 Å². The van der Waals surface area contributed by atoms with Crippen molar-refractivity contribution in [1.82, 2.24) is 0 Å². The van der Waals surface area contributed by atoms with Gasteiger partial charge in [0.2, 0.25) is 0 Å². The molecule has 0 saturated carbocycles. The maximum atomic E-state index is 11.2. The molecular formula is C15H22O2. The molecule has 0 N–H and O–H groups in total. The Morgan fingerprint density at radius 1 is 1.24 bits per heavy atom. The average Bonchev–Trinajstić information content (AvgIpc) is 2.34. The molecule has 0 heterocycles. The topological polar surface area (TPSA) is 26.3 Å². The average molecular weight is 234 g/mol. The predicted octanol–water partition coefficient (Wildman–Crippen LogP) is 4.12. The van der Waals surface area contributed by atoms with Gasteiger partial charge in [0.1, 0.15) is 6.10 Å². The van der Waals surface area contributed by atoms with Gasteiger partial charge in [0, 0.05) is 6.92 Å². The van der Waals surface area contributed by atoms with Crippen LogP contribution in [0.25, 0.3) is 0 Å². The number of carbonyl (C=O) groups is 1. The van der Waals surface area contributed by atoms with Crippen molar-refractivity contribution in [2.45, 2.75) is 46.1 Å². The summed E-state index contributed by atoms with van der Waals surface area (Å²) < 4.78 is 5.50. The first kappa shape index (κ1) is 13.8. The molecule has 0 saturated heterocycles. The van der Waals surface area contributed by atoms with E-state index in [1.165, 1.54) is 6.92 Å². The molecule has 0 aliphatic heterocycles. The van der Waals surface area contributed by atoms with Crippen molar-refractivity contribution in [1.29, 1.82) is 0 Å². The van der Waals surface area contributed by atoms with E-state index in [1.807, 2.05) is 30.3 Å². The molecule has 94 valence electrons. The highest BCUT2D eigenvalue weighted by Crippen LogP contribution is 2.31. The van der Waals surface area contributed by atoms with Crippen molar-refractivity contribution in [2.75, 3.05) is 0 Å². The van der Waals surface area contributed by atoms with Gasteiger partial charge in [-0.05, 0) is 24.3 Å². The Balaban J connectivity index is 2.89. The van der Waals surface area contributed by atoms with Gasteiger partial charge in [-0.25, -0.2) is 0 Å². The Bertz CT molecular complexity index is 332. The molecule has 2 heteroatoms. The summed E-state index contributed by atoms with van der Waals surface area (Å²) >= 11 is 0. The van der Waals surface area contributed by atoms with Crippen LogP contribution in [0.1, 0.15) is 51.7 Å². The van der Waals surface area contributed by atoms with Crippen molar-refractivity contribution in [3.05, 3.63) is 35.9 Å². The second-order valence-corrected chi connectivity index (χ2v) is 4.40. The van der Waals surface area contributed by atoms with E-state index < -0.39 is 0 Å². The van der Waals surface area contributed by atoms with E-state index in [-0.39, 0.29) is 12.1 Å². The maximum absolute atomic E-state index is 11.2. The molecule has 0 bridgehead atoms. The molecule has 2 unspecified atom stereocenters. The molecular weight excluding hydrogens is 212 g/mol. The summed E-state index contributed by atoms with van der Waals surface area (Å²) in [5.74, 6) is 0.208. The number of hydrogen-bond donors (Lipinski definition) is 0. The lowest BCUT2D eigenvalue weighted by atomic mass is 9.89. The minimum atomic E-state index is -0.201. The van der Waals surface area contributed by atoms with Crippen LogP contribution in [0.5, 0.6) is 0 Å². The second-order valence-electron chi connectivity index (χ2n) is 4.40. The maximum Gasteiger partial charge on any atom is 0.303 e. The van der Waals surface area contributed by atoms with E-state index in [9.17, 15) is 4.79 Å². The van der Waals surface area contributed by atoms with Crippen LogP contribution in [-0.4, -0.2) is 5.97 Å². The van der Waals surface area contributed by atoms with Gasteiger partial charge in [-0.3, -0.25) is 4.79 Å². The molecule has 1 rings (SSSR count). The Hall–Kier alpha value is -1.31. The van der Waals surface area contributed by atoms with E-state index in [4.69, 9.17) is 4.74 Å². The van der Waals surface area contributed by atoms with Crippen LogP contribution in [0, 0.1) is 5.92 Å². The van der Waals surface area contributed by atoms with Crippen LogP contribution in [0.4, 0.5) is 0 Å². The van der Waals surface area contributed by atoms with Crippen LogP contribution in [0.15, 0.2) is 30.3 Å². The van der Waals surface area contributed by atoms with Gasteiger partial charge in [-0.1, -0.05) is 50.6 Å². The molecule has 2 atom stereocenters. The quantitative estimate of drug-likeness (QED) is 0.692. The standard InChI is InChI=1S/C15H22O2/c1-4-9-13(5-2)15(17-12(3)16)14-10-7-6-8-11-14/h6-8,10-11,13,15H,4-5,9H2,1-3H3. The molecule has 1 aromatic carbocycles. The Labute approximate surface area is 104 Å². The van der Waals surface area contributed by atoms with Crippen LogP contribution in [-0.2, 0) is 9.53 Å². The summed E-state index contributed by atoms with van der Waals surface area (Å²) in [7, 11) is 0. The zero-order valence-corrected chi connectivity index (χ0v) is 11.0. The summed E-state index contributed by atoms with van der Waals surface area (Å²) in [6.45, 7) is 5.80. The smallest absolute Gasteiger partial charge is 0.303 e. The van der Waals surface area contributed by atoms with Gasteiger partial charge < -0.3 is 4.74 Å². The van der Waals surface area contributed by atoms with Crippen molar-refractivity contribution in [2.24, 2.45) is 5.92 Å². The number of rotatable bonds is 6. The van der Waals surface area contributed by atoms with Crippen LogP contribution < -0.4 is 0 Å². The fourth-order valence-corrected chi connectivity index (χ4v) is 2.20. The van der Waals surface area contributed by atoms with E-state index >= 15 is 0 Å². The molecule has 0 aliphatic rings. The number of carbonyl (C=O) groups excluding carboxylic acids is 1. The fraction of sp³-hybridized carbons (Fsp3) is 0.533. The lowest BCUT2D eigenvalue weighted by Crippen LogP contribution is -2.18. The number of benzene rings is 1. The largest absolute Gasteiger partial charge is 0.457 e. The third-order valence-electron chi connectivity index (χ3n) is 3.03. The van der Waals surface area contributed by atoms with Gasteiger partial charge in [-0.2, -0.15) is 0 Å². The fourth-order valence-electron chi connectivity index (χ4n) is 2.20. The molecule has 0 aliphatic carbocycles. The Morgan fingerprint density at radius 3 is 2.35 bits per heavy atom. The summed E-state index contributed by atoms with van der Waals surface area (Å²) in [6.07, 6.45) is 3.13. The van der Waals surface area contributed by atoms with Gasteiger partial charge in [-0.15, -0.1) is 0 Å². The number of hydrogen-bond acceptors (Lipinski definition) is 2. The first-order chi connectivity index (χ1) is 8.19. The van der Waals surface area contributed by atoms with Crippen LogP contribution in [0.2, 0.25) is 0 Å². The van der Waals surface area contributed by atoms with Crippen molar-refractivity contribution in [3.63, 3.8) is 0 Å². The molecule has 0 fully saturated rings. The highest BCUT2D eigenvalue weighted by molar-refractivity contribution is 5.66. The lowest BCUT2D eigenvalue weighted by Gasteiger charge is -2.26. The minimum Gasteiger partial charge on any atom is -0.457 e. The normalized spacial score (nSPS) is 14.1. The van der Waals surface area contributed by atoms with Crippen LogP contribution >= 0.6 is 0 Å². The third-order valence-corrected chi connectivity index (χ3v) is 3.03. The Kier molecular flexibility index (Phi) is 5.75. The zero-order chi connectivity index (χ0) is 12.7. The molecule has 0 spiro atoms. The SMILES string of the molecule is CCCC(CC)C(OC(C)=O)c1ccccc1. The number of ether oxygens (including phenoxy) is 1. The van der Waals surface area contributed by atoms with E-state index in [1.54, 1.807) is 0 Å². The molecule has 17 heavy (non-hydrogen) atoms. The number of esters is 1. The first-order valence-electron chi connectivity index (χ1n) is 6.41. The highest BCUT2D eigenvalue weighted by Gasteiger charge is 2.23. The summed E-state index contributed by atoms with van der Waals surface area (Å²) in [5.41, 5.74) is 1.10. The van der Waals surface area contributed by atoms with Crippen molar-refractivity contribution in [3.8, 4) is 0 Å². The third kappa shape index (κ3) is 4.22. The molecule has 1 aromatic rings. The lowest BCUT2D eigenvalue weighted by molar-refractivity contribution is -0.150. The second kappa shape index (κ2) is 7.10. The molecule has 0 amide bonds. The molecule has 0 aromatic heterocycles. The molecule has 0 radical (unpaired) electrons. The first-order valence-corrected chi connectivity index (χ1v) is 6.41. The van der Waals surface area contributed by atoms with Crippen molar-refractivity contribution >= 4 is 5.97 Å². The molecule has 2 nitrogen and oxygen atoms in total. The van der Waals surface area contributed by atoms with Crippen LogP contribution in [0.3, 0.4) is 0 Å². The monoisotopic (exact) mass is 234 g/mol. The zero-order valence-electron chi connectivity index (χ0n) is 11.0. The van der Waals surface area contributed by atoms with E-state index in [2.05, 4.69) is 13.8 Å². The summed E-state index contributed by atoms with van der Waals surface area (Å²) in [6, 6.07) is 10.0. The van der Waals surface area contributed by atoms with E-state index in [0.717, 1.165) is 24.8 Å². The van der Waals surface area contributed by atoms with Crippen molar-refractivity contribution < 1.29 is 9.53 Å². The Morgan fingerprint density at radius 2 is 1.88 bits per heavy atom. The van der Waals surface area contributed by atoms with Gasteiger partial charge >= 0.3 is 5.97 Å². The predicted molar refractivity (Wildman–Crippen MR) is 69.6 cm³/mol. The summed E-state index contributed by atoms with van der Waals surface area (Å²) in [4.78, 5) is 11.2.